The van der Waals surface area contributed by atoms with Crippen molar-refractivity contribution in [2.75, 3.05) is 0 Å². The highest BCUT2D eigenvalue weighted by Gasteiger charge is 2.19. The third-order valence-electron chi connectivity index (χ3n) is 1.84. The summed E-state index contributed by atoms with van der Waals surface area (Å²) >= 11 is 0. The molecule has 1 heterocycles. The molecule has 14 heavy (non-hydrogen) atoms. The van der Waals surface area contributed by atoms with E-state index in [1.54, 1.807) is 0 Å². The van der Waals surface area contributed by atoms with Gasteiger partial charge in [-0.05, 0) is 18.0 Å². The summed E-state index contributed by atoms with van der Waals surface area (Å²) in [5, 5.41) is 0. The van der Waals surface area contributed by atoms with Crippen LogP contribution in [0.4, 0.5) is 5.69 Å². The number of para-hydroxylation sites is 1. The van der Waals surface area contributed by atoms with E-state index in [2.05, 4.69) is 21.3 Å². The highest BCUT2D eigenvalue weighted by atomic mass is 32.2. The maximum absolute atomic E-state index is 10.4. The van der Waals surface area contributed by atoms with Gasteiger partial charge in [-0.3, -0.25) is 0 Å². The summed E-state index contributed by atoms with van der Waals surface area (Å²) in [5.41, 5.74) is 0.894. The van der Waals surface area contributed by atoms with Crippen LogP contribution in [0, 0.1) is 4.91 Å². The van der Waals surface area contributed by atoms with Crippen molar-refractivity contribution in [3.8, 4) is 0 Å². The van der Waals surface area contributed by atoms with Crippen molar-refractivity contribution in [1.82, 2.24) is 0 Å². The second-order valence-electron chi connectivity index (χ2n) is 2.68. The Kier molecular flexibility index (Phi) is 2.43. The minimum atomic E-state index is -0.889. The second-order valence-corrected chi connectivity index (χ2v) is 5.81. The zero-order chi connectivity index (χ0) is 10.1. The molecule has 1 aromatic rings. The molecule has 0 aromatic heterocycles. The molecule has 0 saturated carbocycles. The van der Waals surface area contributed by atoms with E-state index in [9.17, 15) is 4.91 Å². The van der Waals surface area contributed by atoms with Crippen LogP contribution in [0.15, 0.2) is 38.7 Å². The van der Waals surface area contributed by atoms with Gasteiger partial charge in [0.15, 0.2) is 0 Å². The molecule has 5 heteroatoms. The Balaban J connectivity index is 2.52. The van der Waals surface area contributed by atoms with Crippen molar-refractivity contribution in [2.45, 2.75) is 4.90 Å². The molecule has 72 valence electrons. The van der Waals surface area contributed by atoms with Gasteiger partial charge in [-0.1, -0.05) is 18.0 Å². The Morgan fingerprint density at radius 1 is 1.43 bits per heavy atom. The Bertz CT molecular complexity index is 479. The molecule has 0 radical (unpaired) electrons. The molecule has 3 nitrogen and oxygen atoms in total. The van der Waals surface area contributed by atoms with Crippen LogP contribution >= 0.6 is 21.2 Å². The number of nitroso groups, excluding NO2 is 1. The second kappa shape index (κ2) is 3.59. The summed E-state index contributed by atoms with van der Waals surface area (Å²) in [5.74, 6) is 7.65. The molecule has 2 rings (SSSR count). The fourth-order valence-electron chi connectivity index (χ4n) is 1.21. The van der Waals surface area contributed by atoms with Crippen molar-refractivity contribution in [3.63, 3.8) is 0 Å². The van der Waals surface area contributed by atoms with Crippen LogP contribution in [-0.2, 0) is 0 Å². The van der Waals surface area contributed by atoms with Crippen LogP contribution in [0.2, 0.25) is 0 Å². The Morgan fingerprint density at radius 3 is 2.79 bits per heavy atom. The van der Waals surface area contributed by atoms with E-state index in [1.165, 1.54) is 0 Å². The van der Waals surface area contributed by atoms with E-state index in [0.29, 0.717) is 4.38 Å². The first-order valence-electron chi connectivity index (χ1n) is 3.83. The van der Waals surface area contributed by atoms with Gasteiger partial charge in [-0.2, -0.15) is 0 Å². The van der Waals surface area contributed by atoms with E-state index in [4.69, 9.17) is 0 Å². The lowest BCUT2D eigenvalue weighted by Crippen LogP contribution is -1.82. The maximum Gasteiger partial charge on any atom is 0.146 e. The molecule has 0 fully saturated rings. The standard InChI is InChI=1S/C9H8N2OS2/c1-13-8-6-4-3-5-7(8)10-9(13)14(2)11-12/h3-6H,1-2H2. The number of benzene rings is 1. The summed E-state index contributed by atoms with van der Waals surface area (Å²) in [7, 11) is -1.25. The normalized spacial score (nSPS) is 21.1. The Labute approximate surface area is 86.8 Å². The van der Waals surface area contributed by atoms with Crippen molar-refractivity contribution in [3.05, 3.63) is 29.2 Å². The molecule has 1 aliphatic rings. The zero-order valence-corrected chi connectivity index (χ0v) is 8.98. The number of rotatable bonds is 1. The lowest BCUT2D eigenvalue weighted by atomic mass is 10.3. The molecule has 0 bridgehead atoms. The van der Waals surface area contributed by atoms with Gasteiger partial charge in [-0.15, -0.1) is 15.4 Å². The minimum Gasteiger partial charge on any atom is -0.233 e. The van der Waals surface area contributed by atoms with Crippen LogP contribution in [0.3, 0.4) is 0 Å². The van der Waals surface area contributed by atoms with Crippen molar-refractivity contribution in [1.29, 1.82) is 0 Å². The number of nitrogens with zero attached hydrogens (tertiary/aromatic N) is 2. The first-order valence-corrected chi connectivity index (χ1v) is 6.57. The number of hydrogen-bond donors (Lipinski definition) is 0. The van der Waals surface area contributed by atoms with Crippen LogP contribution in [0.25, 0.3) is 0 Å². The van der Waals surface area contributed by atoms with Gasteiger partial charge in [0.25, 0.3) is 0 Å². The Morgan fingerprint density at radius 2 is 2.14 bits per heavy atom. The largest absolute Gasteiger partial charge is 0.233 e. The molecule has 1 aliphatic heterocycles. The summed E-state index contributed by atoms with van der Waals surface area (Å²) in [4.78, 5) is 15.8. The van der Waals surface area contributed by atoms with E-state index in [-0.39, 0.29) is 10.5 Å². The monoisotopic (exact) mass is 224 g/mol. The first kappa shape index (κ1) is 9.48. The summed E-state index contributed by atoms with van der Waals surface area (Å²) in [6, 6.07) is 7.75. The molecule has 2 unspecified atom stereocenters. The fraction of sp³-hybridized carbons (Fsp3) is 0. The third kappa shape index (κ3) is 1.38. The highest BCUT2D eigenvalue weighted by molar-refractivity contribution is 8.50. The Hall–Kier alpha value is -1.07. The first-order chi connectivity index (χ1) is 6.74. The van der Waals surface area contributed by atoms with Gasteiger partial charge >= 0.3 is 0 Å². The molecule has 0 aliphatic carbocycles. The van der Waals surface area contributed by atoms with Crippen molar-refractivity contribution < 1.29 is 0 Å². The molecule has 0 amide bonds. The van der Waals surface area contributed by atoms with Crippen molar-refractivity contribution in [2.24, 2.45) is 9.57 Å². The maximum atomic E-state index is 10.4. The summed E-state index contributed by atoms with van der Waals surface area (Å²) in [6.45, 7) is 0. The molecule has 0 saturated heterocycles. The van der Waals surface area contributed by atoms with Gasteiger partial charge in [0.2, 0.25) is 0 Å². The number of fused-ring (bicyclic) bond motifs is 1. The molecule has 2 atom stereocenters. The predicted octanol–water partition coefficient (Wildman–Crippen LogP) is 3.13. The topological polar surface area (TPSA) is 41.8 Å². The van der Waals surface area contributed by atoms with E-state index >= 15 is 0 Å². The highest BCUT2D eigenvalue weighted by Crippen LogP contribution is 2.46. The lowest BCUT2D eigenvalue weighted by Gasteiger charge is -2.00. The molecule has 1 aromatic carbocycles. The van der Waals surface area contributed by atoms with E-state index < -0.39 is 10.7 Å². The van der Waals surface area contributed by atoms with E-state index in [1.807, 2.05) is 24.3 Å². The summed E-state index contributed by atoms with van der Waals surface area (Å²) < 4.78 is 3.62. The van der Waals surface area contributed by atoms with Gasteiger partial charge in [0.05, 0.1) is 5.69 Å². The van der Waals surface area contributed by atoms with Crippen LogP contribution < -0.4 is 0 Å². The third-order valence-corrected chi connectivity index (χ3v) is 5.09. The average molecular weight is 224 g/mol. The number of hydrogen-bond acceptors (Lipinski definition) is 3. The smallest absolute Gasteiger partial charge is 0.146 e. The molecule has 0 spiro atoms. The lowest BCUT2D eigenvalue weighted by molar-refractivity contribution is 1.41. The predicted molar refractivity (Wildman–Crippen MR) is 67.0 cm³/mol. The molecular formula is C9H8N2OS2. The zero-order valence-electron chi connectivity index (χ0n) is 7.34. The van der Waals surface area contributed by atoms with Gasteiger partial charge in [0, 0.05) is 20.1 Å². The van der Waals surface area contributed by atoms with Crippen molar-refractivity contribution >= 4 is 43.0 Å². The SMILES string of the molecule is C=S(N=O)C1=Nc2ccccc2S1=C. The van der Waals surface area contributed by atoms with Gasteiger partial charge < -0.3 is 0 Å². The number of aliphatic imine (C=N–C) groups is 1. The van der Waals surface area contributed by atoms with Gasteiger partial charge in [0.1, 0.15) is 4.38 Å². The fourth-order valence-corrected chi connectivity index (χ4v) is 3.77. The van der Waals surface area contributed by atoms with Crippen LogP contribution in [0.1, 0.15) is 0 Å². The minimum absolute atomic E-state index is 0.359. The van der Waals surface area contributed by atoms with Crippen LogP contribution in [-0.4, -0.2) is 16.1 Å². The van der Waals surface area contributed by atoms with Crippen LogP contribution in [0.5, 0.6) is 0 Å². The molecule has 0 N–H and O–H groups in total. The quantitative estimate of drug-likeness (QED) is 0.410. The summed E-state index contributed by atoms with van der Waals surface area (Å²) in [6.07, 6.45) is 0. The van der Waals surface area contributed by atoms with E-state index in [0.717, 1.165) is 10.6 Å². The average Bonchev–Trinajstić information content (AvgIpc) is 2.56. The molecular weight excluding hydrogens is 216 g/mol. The van der Waals surface area contributed by atoms with Gasteiger partial charge in [-0.25, -0.2) is 4.99 Å².